The number of hydrogen-bond acceptors (Lipinski definition) is 4. The minimum absolute atomic E-state index is 0.262. The summed E-state index contributed by atoms with van der Waals surface area (Å²) < 4.78 is 10.4. The van der Waals surface area contributed by atoms with Gasteiger partial charge in [-0.15, -0.1) is 0 Å². The van der Waals surface area contributed by atoms with E-state index in [4.69, 9.17) is 9.47 Å². The first-order valence-electron chi connectivity index (χ1n) is 7.41. The third-order valence-corrected chi connectivity index (χ3v) is 3.34. The van der Waals surface area contributed by atoms with E-state index < -0.39 is 5.60 Å². The summed E-state index contributed by atoms with van der Waals surface area (Å²) >= 11 is 0. The van der Waals surface area contributed by atoms with Crippen LogP contribution < -0.4 is 0 Å². The standard InChI is InChI=1S/C16H27NO4/c1-7-20-13(18)10-12-8-9-17(11-16(12,5)6)14(19)21-15(2,3)4/h10H,7-9,11H2,1-6H3. The van der Waals surface area contributed by atoms with Crippen molar-refractivity contribution in [2.24, 2.45) is 5.41 Å². The molecule has 0 atom stereocenters. The van der Waals surface area contributed by atoms with E-state index in [-0.39, 0.29) is 17.5 Å². The lowest BCUT2D eigenvalue weighted by molar-refractivity contribution is -0.137. The molecule has 5 heteroatoms. The van der Waals surface area contributed by atoms with Gasteiger partial charge in [-0.2, -0.15) is 0 Å². The van der Waals surface area contributed by atoms with Crippen LogP contribution in [0, 0.1) is 5.41 Å². The van der Waals surface area contributed by atoms with E-state index in [1.807, 2.05) is 34.6 Å². The molecule has 120 valence electrons. The number of hydrogen-bond donors (Lipinski definition) is 0. The lowest BCUT2D eigenvalue weighted by atomic mass is 9.79. The van der Waals surface area contributed by atoms with Gasteiger partial charge < -0.3 is 14.4 Å². The Morgan fingerprint density at radius 2 is 1.95 bits per heavy atom. The molecule has 21 heavy (non-hydrogen) atoms. The van der Waals surface area contributed by atoms with E-state index >= 15 is 0 Å². The van der Waals surface area contributed by atoms with Gasteiger partial charge in [0.1, 0.15) is 5.60 Å². The average molecular weight is 297 g/mol. The highest BCUT2D eigenvalue weighted by atomic mass is 16.6. The molecule has 1 saturated heterocycles. The van der Waals surface area contributed by atoms with Crippen molar-refractivity contribution in [2.45, 2.75) is 53.6 Å². The van der Waals surface area contributed by atoms with Gasteiger partial charge in [0, 0.05) is 24.6 Å². The lowest BCUT2D eigenvalue weighted by Crippen LogP contribution is -2.46. The van der Waals surface area contributed by atoms with Gasteiger partial charge >= 0.3 is 12.1 Å². The van der Waals surface area contributed by atoms with E-state index in [9.17, 15) is 9.59 Å². The smallest absolute Gasteiger partial charge is 0.410 e. The fourth-order valence-electron chi connectivity index (χ4n) is 2.33. The molecule has 1 amide bonds. The van der Waals surface area contributed by atoms with Crippen molar-refractivity contribution in [2.75, 3.05) is 19.7 Å². The normalized spacial score (nSPS) is 20.3. The third kappa shape index (κ3) is 5.40. The van der Waals surface area contributed by atoms with Crippen LogP contribution in [0.5, 0.6) is 0 Å². The molecule has 0 aromatic heterocycles. The number of ether oxygens (including phenoxy) is 2. The minimum Gasteiger partial charge on any atom is -0.463 e. The summed E-state index contributed by atoms with van der Waals surface area (Å²) in [5.74, 6) is -0.314. The predicted molar refractivity (Wildman–Crippen MR) is 80.9 cm³/mol. The zero-order valence-electron chi connectivity index (χ0n) is 14.0. The molecule has 1 aliphatic heterocycles. The number of carbonyl (C=O) groups is 2. The third-order valence-electron chi connectivity index (χ3n) is 3.34. The number of amides is 1. The molecule has 0 aromatic rings. The molecule has 0 aliphatic carbocycles. The second-order valence-electron chi connectivity index (χ2n) is 6.96. The zero-order chi connectivity index (χ0) is 16.3. The minimum atomic E-state index is -0.498. The predicted octanol–water partition coefficient (Wildman–Crippen LogP) is 3.14. The SMILES string of the molecule is CCOC(=O)C=C1CCN(C(=O)OC(C)(C)C)CC1(C)C. The first-order valence-corrected chi connectivity index (χ1v) is 7.41. The number of rotatable bonds is 2. The summed E-state index contributed by atoms with van der Waals surface area (Å²) in [7, 11) is 0. The fourth-order valence-corrected chi connectivity index (χ4v) is 2.33. The van der Waals surface area contributed by atoms with Gasteiger partial charge in [0.15, 0.2) is 0 Å². The summed E-state index contributed by atoms with van der Waals surface area (Å²) in [6.07, 6.45) is 1.92. The Labute approximate surface area is 127 Å². The van der Waals surface area contributed by atoms with Gasteiger partial charge in [-0.25, -0.2) is 9.59 Å². The maximum absolute atomic E-state index is 12.1. The molecule has 0 spiro atoms. The van der Waals surface area contributed by atoms with Crippen LogP contribution in [-0.4, -0.2) is 42.3 Å². The van der Waals surface area contributed by atoms with Crippen LogP contribution in [0.15, 0.2) is 11.6 Å². The molecule has 0 saturated carbocycles. The van der Waals surface area contributed by atoms with Gasteiger partial charge in [-0.1, -0.05) is 19.4 Å². The molecule has 0 unspecified atom stereocenters. The van der Waals surface area contributed by atoms with Gasteiger partial charge in [-0.3, -0.25) is 0 Å². The van der Waals surface area contributed by atoms with Crippen LogP contribution in [0.3, 0.4) is 0 Å². The molecule has 1 rings (SSSR count). The van der Waals surface area contributed by atoms with Crippen molar-refractivity contribution in [3.63, 3.8) is 0 Å². The van der Waals surface area contributed by atoms with Crippen LogP contribution >= 0.6 is 0 Å². The molecule has 5 nitrogen and oxygen atoms in total. The molecule has 1 aliphatic rings. The maximum atomic E-state index is 12.1. The Morgan fingerprint density at radius 1 is 1.33 bits per heavy atom. The van der Waals surface area contributed by atoms with Crippen molar-refractivity contribution in [3.05, 3.63) is 11.6 Å². The molecular weight excluding hydrogens is 270 g/mol. The van der Waals surface area contributed by atoms with Gasteiger partial charge in [0.25, 0.3) is 0 Å². The first-order chi connectivity index (χ1) is 9.55. The van der Waals surface area contributed by atoms with Crippen molar-refractivity contribution in [3.8, 4) is 0 Å². The van der Waals surface area contributed by atoms with Gasteiger partial charge in [-0.05, 0) is 34.1 Å². The monoisotopic (exact) mass is 297 g/mol. The molecule has 0 bridgehead atoms. The number of likely N-dealkylation sites (tertiary alicyclic amines) is 1. The Hall–Kier alpha value is -1.52. The Morgan fingerprint density at radius 3 is 2.43 bits per heavy atom. The van der Waals surface area contributed by atoms with Crippen molar-refractivity contribution < 1.29 is 19.1 Å². The van der Waals surface area contributed by atoms with Crippen LogP contribution in [0.25, 0.3) is 0 Å². The summed E-state index contributed by atoms with van der Waals surface area (Å²) in [5, 5.41) is 0. The highest BCUT2D eigenvalue weighted by Gasteiger charge is 2.35. The second kappa shape index (κ2) is 6.50. The largest absolute Gasteiger partial charge is 0.463 e. The molecule has 0 radical (unpaired) electrons. The first kappa shape index (κ1) is 17.5. The van der Waals surface area contributed by atoms with Crippen molar-refractivity contribution in [1.29, 1.82) is 0 Å². The van der Waals surface area contributed by atoms with Crippen LogP contribution in [-0.2, 0) is 14.3 Å². The van der Waals surface area contributed by atoms with Crippen molar-refractivity contribution in [1.82, 2.24) is 4.90 Å². The number of piperidine rings is 1. The van der Waals surface area contributed by atoms with E-state index in [2.05, 4.69) is 0 Å². The second-order valence-corrected chi connectivity index (χ2v) is 6.96. The molecule has 1 fully saturated rings. The maximum Gasteiger partial charge on any atom is 0.410 e. The number of esters is 1. The summed E-state index contributed by atoms with van der Waals surface area (Å²) in [6.45, 7) is 12.9. The highest BCUT2D eigenvalue weighted by Crippen LogP contribution is 2.34. The summed E-state index contributed by atoms with van der Waals surface area (Å²) in [6, 6.07) is 0. The Bertz CT molecular complexity index is 432. The van der Waals surface area contributed by atoms with Crippen LogP contribution in [0.1, 0.15) is 48.0 Å². The van der Waals surface area contributed by atoms with E-state index in [0.717, 1.165) is 5.57 Å². The number of nitrogens with zero attached hydrogens (tertiary/aromatic N) is 1. The van der Waals surface area contributed by atoms with Gasteiger partial charge in [0.2, 0.25) is 0 Å². The summed E-state index contributed by atoms with van der Waals surface area (Å²) in [5.41, 5.74) is 0.255. The molecule has 0 aromatic carbocycles. The Kier molecular flexibility index (Phi) is 5.42. The van der Waals surface area contributed by atoms with Gasteiger partial charge in [0.05, 0.1) is 6.61 Å². The van der Waals surface area contributed by atoms with Crippen LogP contribution in [0.2, 0.25) is 0 Å². The molecule has 1 heterocycles. The van der Waals surface area contributed by atoms with E-state index in [1.165, 1.54) is 0 Å². The highest BCUT2D eigenvalue weighted by molar-refractivity contribution is 5.83. The quantitative estimate of drug-likeness (QED) is 0.580. The number of carbonyl (C=O) groups excluding carboxylic acids is 2. The van der Waals surface area contributed by atoms with Crippen molar-refractivity contribution >= 4 is 12.1 Å². The molecular formula is C16H27NO4. The van der Waals surface area contributed by atoms with E-state index in [1.54, 1.807) is 17.9 Å². The zero-order valence-corrected chi connectivity index (χ0v) is 14.0. The average Bonchev–Trinajstić information content (AvgIpc) is 2.29. The van der Waals surface area contributed by atoms with E-state index in [0.29, 0.717) is 26.1 Å². The fraction of sp³-hybridized carbons (Fsp3) is 0.750. The summed E-state index contributed by atoms with van der Waals surface area (Å²) in [4.78, 5) is 25.4. The Balaban J connectivity index is 2.74. The topological polar surface area (TPSA) is 55.8 Å². The molecule has 0 N–H and O–H groups in total. The van der Waals surface area contributed by atoms with Crippen LogP contribution in [0.4, 0.5) is 4.79 Å². The lowest BCUT2D eigenvalue weighted by Gasteiger charge is -2.40.